The maximum absolute atomic E-state index is 11.1. The first-order valence-corrected chi connectivity index (χ1v) is 5.72. The van der Waals surface area contributed by atoms with Crippen molar-refractivity contribution in [2.24, 2.45) is 0 Å². The lowest BCUT2D eigenvalue weighted by atomic mass is 10.2. The molecular formula is C11H10BrN3O2. The number of aryl methyl sites for hydroxylation is 2. The number of rotatable bonds is 2. The van der Waals surface area contributed by atoms with E-state index < -0.39 is 5.97 Å². The third-order valence-electron chi connectivity index (χ3n) is 2.29. The lowest BCUT2D eigenvalue weighted by Gasteiger charge is -2.07. The molecule has 0 spiro atoms. The highest BCUT2D eigenvalue weighted by atomic mass is 79.9. The first-order chi connectivity index (χ1) is 7.99. The van der Waals surface area contributed by atoms with E-state index in [2.05, 4.69) is 26.0 Å². The zero-order chi connectivity index (χ0) is 12.6. The first-order valence-electron chi connectivity index (χ1n) is 4.92. The van der Waals surface area contributed by atoms with E-state index in [0.29, 0.717) is 17.3 Å². The Kier molecular flexibility index (Phi) is 2.97. The van der Waals surface area contributed by atoms with Gasteiger partial charge in [-0.2, -0.15) is 5.10 Å². The smallest absolute Gasteiger partial charge is 0.337 e. The molecule has 0 atom stereocenters. The Morgan fingerprint density at radius 3 is 2.65 bits per heavy atom. The third kappa shape index (κ3) is 2.21. The highest BCUT2D eigenvalue weighted by Crippen LogP contribution is 2.21. The molecular weight excluding hydrogens is 286 g/mol. The van der Waals surface area contributed by atoms with Gasteiger partial charge in [0.25, 0.3) is 0 Å². The topological polar surface area (TPSA) is 68.0 Å². The van der Waals surface area contributed by atoms with Crippen LogP contribution in [-0.2, 0) is 0 Å². The van der Waals surface area contributed by atoms with Gasteiger partial charge in [-0.1, -0.05) is 15.9 Å². The SMILES string of the molecule is Cc1nc(C)n(-c2cc(Br)ccc2C(=O)O)n1. The fraction of sp³-hybridized carbons (Fsp3) is 0.182. The van der Waals surface area contributed by atoms with Crippen molar-refractivity contribution >= 4 is 21.9 Å². The van der Waals surface area contributed by atoms with E-state index in [4.69, 9.17) is 5.11 Å². The zero-order valence-electron chi connectivity index (χ0n) is 9.31. The summed E-state index contributed by atoms with van der Waals surface area (Å²) in [4.78, 5) is 15.3. The van der Waals surface area contributed by atoms with Gasteiger partial charge in [0.2, 0.25) is 0 Å². The van der Waals surface area contributed by atoms with Crippen molar-refractivity contribution in [3.63, 3.8) is 0 Å². The van der Waals surface area contributed by atoms with E-state index in [-0.39, 0.29) is 5.56 Å². The van der Waals surface area contributed by atoms with Gasteiger partial charge >= 0.3 is 5.97 Å². The third-order valence-corrected chi connectivity index (χ3v) is 2.79. The number of carboxylic acid groups (broad SMARTS) is 1. The van der Waals surface area contributed by atoms with Crippen molar-refractivity contribution in [1.29, 1.82) is 0 Å². The number of hydrogen-bond acceptors (Lipinski definition) is 3. The Bertz CT molecular complexity index is 592. The Hall–Kier alpha value is -1.69. The molecule has 1 aromatic carbocycles. The fourth-order valence-corrected chi connectivity index (χ4v) is 1.96. The van der Waals surface area contributed by atoms with Crippen molar-refractivity contribution in [3.8, 4) is 5.69 Å². The molecule has 0 aliphatic heterocycles. The minimum atomic E-state index is -0.986. The maximum atomic E-state index is 11.1. The van der Waals surface area contributed by atoms with Crippen molar-refractivity contribution in [1.82, 2.24) is 14.8 Å². The van der Waals surface area contributed by atoms with E-state index >= 15 is 0 Å². The van der Waals surface area contributed by atoms with Crippen LogP contribution in [0.25, 0.3) is 5.69 Å². The second-order valence-electron chi connectivity index (χ2n) is 3.58. The molecule has 0 radical (unpaired) electrons. The molecule has 0 bridgehead atoms. The van der Waals surface area contributed by atoms with Crippen molar-refractivity contribution in [2.75, 3.05) is 0 Å². The summed E-state index contributed by atoms with van der Waals surface area (Å²) in [5.41, 5.74) is 0.700. The molecule has 6 heteroatoms. The van der Waals surface area contributed by atoms with Crippen LogP contribution in [0.5, 0.6) is 0 Å². The Morgan fingerprint density at radius 1 is 1.41 bits per heavy atom. The van der Waals surface area contributed by atoms with Crippen LogP contribution in [0.2, 0.25) is 0 Å². The van der Waals surface area contributed by atoms with E-state index in [9.17, 15) is 4.79 Å². The van der Waals surface area contributed by atoms with E-state index in [0.717, 1.165) is 4.47 Å². The predicted octanol–water partition coefficient (Wildman–Crippen LogP) is 2.34. The van der Waals surface area contributed by atoms with Gasteiger partial charge in [0, 0.05) is 4.47 Å². The highest BCUT2D eigenvalue weighted by molar-refractivity contribution is 9.10. The predicted molar refractivity (Wildman–Crippen MR) is 65.5 cm³/mol. The number of halogens is 1. The number of hydrogen-bond donors (Lipinski definition) is 1. The lowest BCUT2D eigenvalue weighted by molar-refractivity contribution is 0.0696. The molecule has 88 valence electrons. The molecule has 0 saturated heterocycles. The van der Waals surface area contributed by atoms with Gasteiger partial charge in [0.15, 0.2) is 0 Å². The van der Waals surface area contributed by atoms with E-state index in [1.54, 1.807) is 26.0 Å². The average molecular weight is 296 g/mol. The molecule has 0 fully saturated rings. The number of carbonyl (C=O) groups is 1. The van der Waals surface area contributed by atoms with E-state index in [1.807, 2.05) is 0 Å². The molecule has 0 saturated carbocycles. The number of nitrogens with zero attached hydrogens (tertiary/aromatic N) is 3. The number of benzene rings is 1. The van der Waals surface area contributed by atoms with Crippen LogP contribution in [0.15, 0.2) is 22.7 Å². The molecule has 0 amide bonds. The largest absolute Gasteiger partial charge is 0.478 e. The molecule has 2 aromatic rings. The molecule has 1 N–H and O–H groups in total. The minimum Gasteiger partial charge on any atom is -0.478 e. The van der Waals surface area contributed by atoms with Crippen LogP contribution in [0, 0.1) is 13.8 Å². The fourth-order valence-electron chi connectivity index (χ4n) is 1.61. The summed E-state index contributed by atoms with van der Waals surface area (Å²) in [5.74, 6) is 0.280. The zero-order valence-corrected chi connectivity index (χ0v) is 10.9. The van der Waals surface area contributed by atoms with Crippen LogP contribution < -0.4 is 0 Å². The number of carboxylic acids is 1. The van der Waals surface area contributed by atoms with Gasteiger partial charge in [-0.3, -0.25) is 0 Å². The van der Waals surface area contributed by atoms with Crippen LogP contribution in [-0.4, -0.2) is 25.8 Å². The Labute approximate surface area is 106 Å². The van der Waals surface area contributed by atoms with Crippen molar-refractivity contribution < 1.29 is 9.90 Å². The summed E-state index contributed by atoms with van der Waals surface area (Å²) in [6.45, 7) is 3.55. The summed E-state index contributed by atoms with van der Waals surface area (Å²) in [6.07, 6.45) is 0. The minimum absolute atomic E-state index is 0.196. The van der Waals surface area contributed by atoms with Gasteiger partial charge in [-0.25, -0.2) is 14.5 Å². The molecule has 1 heterocycles. The number of aromatic carboxylic acids is 1. The Balaban J connectivity index is 2.69. The molecule has 0 aliphatic rings. The number of aromatic nitrogens is 3. The molecule has 5 nitrogen and oxygen atoms in total. The van der Waals surface area contributed by atoms with Gasteiger partial charge in [0.05, 0.1) is 11.3 Å². The van der Waals surface area contributed by atoms with Gasteiger partial charge in [-0.15, -0.1) is 0 Å². The van der Waals surface area contributed by atoms with Gasteiger partial charge < -0.3 is 5.11 Å². The second-order valence-corrected chi connectivity index (χ2v) is 4.50. The summed E-state index contributed by atoms with van der Waals surface area (Å²) >= 11 is 3.32. The monoisotopic (exact) mass is 295 g/mol. The average Bonchev–Trinajstić information content (AvgIpc) is 2.57. The molecule has 2 rings (SSSR count). The standard InChI is InChI=1S/C11H10BrN3O2/c1-6-13-7(2)15(14-6)10-5-8(12)3-4-9(10)11(16)17/h3-5H,1-2H3,(H,16,17). The summed E-state index contributed by atoms with van der Waals surface area (Å²) in [6, 6.07) is 4.94. The highest BCUT2D eigenvalue weighted by Gasteiger charge is 2.15. The van der Waals surface area contributed by atoms with Crippen LogP contribution in [0.3, 0.4) is 0 Å². The van der Waals surface area contributed by atoms with Crippen LogP contribution >= 0.6 is 15.9 Å². The summed E-state index contributed by atoms with van der Waals surface area (Å²) < 4.78 is 2.33. The van der Waals surface area contributed by atoms with Crippen LogP contribution in [0.4, 0.5) is 0 Å². The summed E-state index contributed by atoms with van der Waals surface area (Å²) in [5, 5.41) is 13.3. The van der Waals surface area contributed by atoms with Gasteiger partial charge in [-0.05, 0) is 32.0 Å². The first kappa shape index (κ1) is 11.8. The lowest BCUT2D eigenvalue weighted by Crippen LogP contribution is -2.08. The summed E-state index contributed by atoms with van der Waals surface area (Å²) in [7, 11) is 0. The van der Waals surface area contributed by atoms with Crippen molar-refractivity contribution in [3.05, 3.63) is 39.9 Å². The van der Waals surface area contributed by atoms with E-state index in [1.165, 1.54) is 10.7 Å². The van der Waals surface area contributed by atoms with Gasteiger partial charge in [0.1, 0.15) is 11.6 Å². The molecule has 0 aliphatic carbocycles. The molecule has 0 unspecified atom stereocenters. The van der Waals surface area contributed by atoms with Crippen LogP contribution in [0.1, 0.15) is 22.0 Å². The molecule has 17 heavy (non-hydrogen) atoms. The Morgan fingerprint density at radius 2 is 2.12 bits per heavy atom. The van der Waals surface area contributed by atoms with Crippen molar-refractivity contribution in [2.45, 2.75) is 13.8 Å². The second kappa shape index (κ2) is 4.29. The quantitative estimate of drug-likeness (QED) is 0.923. The normalized spacial score (nSPS) is 10.5. The molecule has 1 aromatic heterocycles. The maximum Gasteiger partial charge on any atom is 0.337 e.